The van der Waals surface area contributed by atoms with Crippen LogP contribution in [0.4, 0.5) is 10.1 Å². The number of nitrogens with one attached hydrogen (secondary N) is 1. The Labute approximate surface area is 206 Å². The number of amides is 2. The first-order valence-corrected chi connectivity index (χ1v) is 11.7. The monoisotopic (exact) mass is 513 g/mol. The molecule has 1 N–H and O–H groups in total. The molecule has 0 aliphatic carbocycles. The minimum Gasteiger partial charge on any atom is -0.403 e. The quantitative estimate of drug-likeness (QED) is 0.433. The summed E-state index contributed by atoms with van der Waals surface area (Å²) in [5.74, 6) is -1.38. The van der Waals surface area contributed by atoms with Crippen LogP contribution < -0.4 is 15.8 Å². The van der Waals surface area contributed by atoms with Crippen molar-refractivity contribution < 1.29 is 23.1 Å². The topological polar surface area (TPSA) is 102 Å². The van der Waals surface area contributed by atoms with Crippen molar-refractivity contribution in [3.63, 3.8) is 0 Å². The van der Waals surface area contributed by atoms with Gasteiger partial charge in [-0.25, -0.2) is 14.2 Å². The lowest BCUT2D eigenvalue weighted by Crippen LogP contribution is -2.42. The fourth-order valence-corrected chi connectivity index (χ4v) is 4.71. The Kier molecular flexibility index (Phi) is 6.33. The molecule has 178 valence electrons. The van der Waals surface area contributed by atoms with Crippen LogP contribution in [0.1, 0.15) is 15.2 Å². The molecule has 1 aliphatic heterocycles. The molecule has 2 amide bonds. The second kappa shape index (κ2) is 9.57. The average Bonchev–Trinajstić information content (AvgIpc) is 3.29. The first-order chi connectivity index (χ1) is 16.9. The van der Waals surface area contributed by atoms with Crippen LogP contribution in [0.5, 0.6) is 0 Å². The van der Waals surface area contributed by atoms with E-state index in [9.17, 15) is 18.8 Å². The number of morpholine rings is 1. The molecule has 0 spiro atoms. The van der Waals surface area contributed by atoms with Crippen molar-refractivity contribution >= 4 is 51.3 Å². The number of thiophene rings is 1. The van der Waals surface area contributed by atoms with Crippen molar-refractivity contribution in [1.29, 1.82) is 0 Å². The second-order valence-corrected chi connectivity index (χ2v) is 9.39. The molecule has 4 aromatic rings. The van der Waals surface area contributed by atoms with Gasteiger partial charge in [0.2, 0.25) is 5.89 Å². The predicted molar refractivity (Wildman–Crippen MR) is 129 cm³/mol. The van der Waals surface area contributed by atoms with E-state index >= 15 is 0 Å². The molecule has 8 nitrogen and oxygen atoms in total. The number of aromatic nitrogens is 1. The van der Waals surface area contributed by atoms with Gasteiger partial charge in [-0.1, -0.05) is 23.7 Å². The zero-order chi connectivity index (χ0) is 24.5. The van der Waals surface area contributed by atoms with Crippen molar-refractivity contribution in [3.05, 3.63) is 79.5 Å². The van der Waals surface area contributed by atoms with E-state index in [1.807, 2.05) is 0 Å². The van der Waals surface area contributed by atoms with Crippen molar-refractivity contribution in [3.8, 4) is 11.5 Å². The van der Waals surface area contributed by atoms with Gasteiger partial charge in [-0.05, 0) is 42.0 Å². The first-order valence-electron chi connectivity index (χ1n) is 10.5. The molecular weight excluding hydrogens is 497 g/mol. The van der Waals surface area contributed by atoms with Crippen molar-refractivity contribution in [2.75, 3.05) is 24.7 Å². The summed E-state index contributed by atoms with van der Waals surface area (Å²) >= 11 is 7.05. The Morgan fingerprint density at radius 3 is 2.80 bits per heavy atom. The van der Waals surface area contributed by atoms with Gasteiger partial charge in [-0.2, -0.15) is 0 Å². The number of hydrogen-bond acceptors (Lipinski definition) is 7. The molecular formula is C24H17ClFN3O5S. The van der Waals surface area contributed by atoms with Crippen molar-refractivity contribution in [1.82, 2.24) is 10.3 Å². The fraction of sp³-hybridized carbons (Fsp3) is 0.167. The van der Waals surface area contributed by atoms with Gasteiger partial charge in [0.15, 0.2) is 0 Å². The average molecular weight is 514 g/mol. The van der Waals surface area contributed by atoms with Gasteiger partial charge in [0.05, 0.1) is 32.4 Å². The normalized spacial score (nSPS) is 13.9. The van der Waals surface area contributed by atoms with Crippen LogP contribution in [0.25, 0.3) is 22.4 Å². The summed E-state index contributed by atoms with van der Waals surface area (Å²) in [5.41, 5.74) is 0.621. The fourth-order valence-electron chi connectivity index (χ4n) is 3.75. The Morgan fingerprint density at radius 1 is 1.20 bits per heavy atom. The number of nitrogens with zero attached hydrogens (tertiary/aromatic N) is 2. The molecule has 0 saturated carbocycles. The molecule has 35 heavy (non-hydrogen) atoms. The molecule has 11 heteroatoms. The van der Waals surface area contributed by atoms with Crippen LogP contribution in [0, 0.1) is 5.82 Å². The van der Waals surface area contributed by atoms with Crippen LogP contribution >= 0.6 is 22.9 Å². The van der Waals surface area contributed by atoms with Crippen LogP contribution in [-0.4, -0.2) is 36.6 Å². The Balaban J connectivity index is 1.46. The number of rotatable bonds is 5. The minimum absolute atomic E-state index is 0.0786. The zero-order valence-electron chi connectivity index (χ0n) is 18.0. The lowest BCUT2D eigenvalue weighted by atomic mass is 10.1. The van der Waals surface area contributed by atoms with E-state index in [1.165, 1.54) is 23.1 Å². The van der Waals surface area contributed by atoms with E-state index < -0.39 is 11.4 Å². The number of halogens is 2. The third-order valence-corrected chi connectivity index (χ3v) is 6.68. The highest BCUT2D eigenvalue weighted by Crippen LogP contribution is 2.28. The zero-order valence-corrected chi connectivity index (χ0v) is 19.6. The molecule has 0 unspecified atom stereocenters. The smallest absolute Gasteiger partial charge is 0.347 e. The SMILES string of the molecule is O=C(NCc1cccc2c(=O)oc(-c3ccc(N4CCOCC4=O)c(F)c3)nc12)c1ccc(Cl)s1. The van der Waals surface area contributed by atoms with Crippen LogP contribution in [0.3, 0.4) is 0 Å². The van der Waals surface area contributed by atoms with Crippen LogP contribution in [-0.2, 0) is 16.1 Å². The van der Waals surface area contributed by atoms with E-state index in [-0.39, 0.29) is 54.0 Å². The predicted octanol–water partition coefficient (Wildman–Crippen LogP) is 4.00. The summed E-state index contributed by atoms with van der Waals surface area (Å²) in [7, 11) is 0. The van der Waals surface area contributed by atoms with Crippen LogP contribution in [0.15, 0.2) is 57.7 Å². The summed E-state index contributed by atoms with van der Waals surface area (Å²) in [6.07, 6.45) is 0. The number of hydrogen-bond donors (Lipinski definition) is 1. The molecule has 3 heterocycles. The Hall–Kier alpha value is -3.60. The maximum atomic E-state index is 14.9. The molecule has 0 atom stereocenters. The first kappa shape index (κ1) is 23.2. The van der Waals surface area contributed by atoms with E-state index in [2.05, 4.69) is 10.3 Å². The lowest BCUT2D eigenvalue weighted by molar-refractivity contribution is -0.125. The van der Waals surface area contributed by atoms with Gasteiger partial charge in [0.25, 0.3) is 11.8 Å². The van der Waals surface area contributed by atoms with E-state index in [0.717, 1.165) is 11.3 Å². The number of benzene rings is 2. The molecule has 0 bridgehead atoms. The number of anilines is 1. The highest BCUT2D eigenvalue weighted by Gasteiger charge is 2.23. The van der Waals surface area contributed by atoms with Gasteiger partial charge < -0.3 is 19.4 Å². The maximum absolute atomic E-state index is 14.9. The van der Waals surface area contributed by atoms with E-state index in [4.69, 9.17) is 20.8 Å². The highest BCUT2D eigenvalue weighted by molar-refractivity contribution is 7.18. The summed E-state index contributed by atoms with van der Waals surface area (Å²) in [6, 6.07) is 12.4. The molecule has 2 aromatic carbocycles. The van der Waals surface area contributed by atoms with Crippen molar-refractivity contribution in [2.45, 2.75) is 6.54 Å². The van der Waals surface area contributed by atoms with Gasteiger partial charge in [0.1, 0.15) is 12.4 Å². The highest BCUT2D eigenvalue weighted by atomic mass is 35.5. The van der Waals surface area contributed by atoms with E-state index in [1.54, 1.807) is 30.3 Å². The van der Waals surface area contributed by atoms with Gasteiger partial charge in [-0.3, -0.25) is 9.59 Å². The molecule has 1 fully saturated rings. The summed E-state index contributed by atoms with van der Waals surface area (Å²) in [5, 5.41) is 3.02. The lowest BCUT2D eigenvalue weighted by Gasteiger charge is -2.27. The van der Waals surface area contributed by atoms with Gasteiger partial charge in [0, 0.05) is 18.7 Å². The molecule has 0 radical (unpaired) electrons. The summed E-state index contributed by atoms with van der Waals surface area (Å²) in [4.78, 5) is 43.4. The third kappa shape index (κ3) is 4.68. The largest absolute Gasteiger partial charge is 0.403 e. The minimum atomic E-state index is -0.655. The molecule has 1 aliphatic rings. The maximum Gasteiger partial charge on any atom is 0.347 e. The van der Waals surface area contributed by atoms with E-state index in [0.29, 0.717) is 26.9 Å². The number of ether oxygens (including phenoxy) is 1. The second-order valence-electron chi connectivity index (χ2n) is 7.67. The third-order valence-electron chi connectivity index (χ3n) is 5.45. The molecule has 2 aromatic heterocycles. The standard InChI is InChI=1S/C24H17ClFN3O5S/c25-19-7-6-18(35-19)22(31)27-11-14-2-1-3-15-21(14)28-23(34-24(15)32)13-4-5-17(16(26)10-13)29-8-9-33-12-20(29)30/h1-7,10H,8-9,11-12H2,(H,27,31). The van der Waals surface area contributed by atoms with Crippen LogP contribution in [0.2, 0.25) is 4.34 Å². The number of carbonyl (C=O) groups is 2. The summed E-state index contributed by atoms with van der Waals surface area (Å²) in [6.45, 7) is 0.549. The summed E-state index contributed by atoms with van der Waals surface area (Å²) < 4.78 is 25.9. The Morgan fingerprint density at radius 2 is 2.06 bits per heavy atom. The van der Waals surface area contributed by atoms with Gasteiger partial charge in [-0.15, -0.1) is 11.3 Å². The van der Waals surface area contributed by atoms with Crippen molar-refractivity contribution in [2.24, 2.45) is 0 Å². The Bertz CT molecular complexity index is 1520. The number of carbonyl (C=O) groups excluding carboxylic acids is 2. The molecule has 5 rings (SSSR count). The molecule has 1 saturated heterocycles. The number of fused-ring (bicyclic) bond motifs is 1. The number of para-hydroxylation sites is 1. The van der Waals surface area contributed by atoms with Gasteiger partial charge >= 0.3 is 5.63 Å².